The molecule has 0 spiro atoms. The second-order valence-corrected chi connectivity index (χ2v) is 5.81. The summed E-state index contributed by atoms with van der Waals surface area (Å²) in [5, 5.41) is 3.33. The van der Waals surface area contributed by atoms with E-state index in [1.54, 1.807) is 25.4 Å². The Balaban J connectivity index is 1.74. The van der Waals surface area contributed by atoms with Gasteiger partial charge in [0.05, 0.1) is 18.5 Å². The molecule has 134 valence electrons. The van der Waals surface area contributed by atoms with E-state index in [1.165, 1.54) is 12.1 Å². The number of aromatic nitrogens is 2. The highest BCUT2D eigenvalue weighted by atomic mass is 19.1. The van der Waals surface area contributed by atoms with Crippen molar-refractivity contribution in [2.75, 3.05) is 25.6 Å². The molecule has 0 radical (unpaired) electrons. The van der Waals surface area contributed by atoms with Crippen molar-refractivity contribution >= 4 is 12.0 Å². The number of methoxy groups -OCH3 is 1. The lowest BCUT2D eigenvalue weighted by Crippen LogP contribution is -2.11. The van der Waals surface area contributed by atoms with Gasteiger partial charge >= 0.3 is 0 Å². The number of halogens is 1. The fourth-order valence-electron chi connectivity index (χ4n) is 2.69. The lowest BCUT2D eigenvalue weighted by molar-refractivity contribution is 0.188. The van der Waals surface area contributed by atoms with Gasteiger partial charge in [0.2, 0.25) is 5.95 Å². The zero-order valence-electron chi connectivity index (χ0n) is 14.7. The summed E-state index contributed by atoms with van der Waals surface area (Å²) in [5.74, 6) is 0.514. The van der Waals surface area contributed by atoms with Crippen LogP contribution in [-0.4, -0.2) is 29.8 Å². The molecule has 3 rings (SSSR count). The van der Waals surface area contributed by atoms with Gasteiger partial charge in [0.25, 0.3) is 0 Å². The number of nitrogens with zero attached hydrogens (tertiary/aromatic N) is 2. The second kappa shape index (κ2) is 8.97. The van der Waals surface area contributed by atoms with Crippen LogP contribution in [-0.2, 0) is 11.3 Å². The molecular weight excluding hydrogens is 329 g/mol. The van der Waals surface area contributed by atoms with E-state index in [0.29, 0.717) is 19.7 Å². The molecule has 26 heavy (non-hydrogen) atoms. The normalized spacial score (nSPS) is 11.2. The molecular formula is C21H22FN3O. The van der Waals surface area contributed by atoms with E-state index in [4.69, 9.17) is 4.74 Å². The van der Waals surface area contributed by atoms with E-state index >= 15 is 0 Å². The van der Waals surface area contributed by atoms with E-state index < -0.39 is 0 Å². The van der Waals surface area contributed by atoms with Gasteiger partial charge in [-0.05, 0) is 29.8 Å². The Kier molecular flexibility index (Phi) is 6.17. The highest BCUT2D eigenvalue weighted by Crippen LogP contribution is 2.23. The van der Waals surface area contributed by atoms with E-state index in [0.717, 1.165) is 22.8 Å². The van der Waals surface area contributed by atoms with Crippen LogP contribution < -0.4 is 5.32 Å². The maximum Gasteiger partial charge on any atom is 0.203 e. The molecule has 0 bridgehead atoms. The summed E-state index contributed by atoms with van der Waals surface area (Å²) in [6.07, 6.45) is 5.92. The molecule has 0 saturated heterocycles. The molecule has 1 heterocycles. The number of rotatable bonds is 8. The fourth-order valence-corrected chi connectivity index (χ4v) is 2.69. The largest absolute Gasteiger partial charge is 0.383 e. The van der Waals surface area contributed by atoms with Crippen molar-refractivity contribution in [3.8, 4) is 11.3 Å². The van der Waals surface area contributed by atoms with Crippen LogP contribution >= 0.6 is 0 Å². The van der Waals surface area contributed by atoms with Crippen LogP contribution in [0.25, 0.3) is 17.3 Å². The minimum atomic E-state index is -0.249. The lowest BCUT2D eigenvalue weighted by Gasteiger charge is -2.12. The third kappa shape index (κ3) is 4.58. The van der Waals surface area contributed by atoms with Crippen LogP contribution in [0.4, 0.5) is 10.3 Å². The maximum atomic E-state index is 13.2. The smallest absolute Gasteiger partial charge is 0.203 e. The van der Waals surface area contributed by atoms with Crippen molar-refractivity contribution in [3.63, 3.8) is 0 Å². The van der Waals surface area contributed by atoms with Gasteiger partial charge in [-0.25, -0.2) is 9.37 Å². The Morgan fingerprint density at radius 3 is 2.62 bits per heavy atom. The van der Waals surface area contributed by atoms with Gasteiger partial charge in [0.1, 0.15) is 5.82 Å². The van der Waals surface area contributed by atoms with Crippen molar-refractivity contribution in [2.45, 2.75) is 6.54 Å². The fraction of sp³-hybridized carbons (Fsp3) is 0.190. The number of anilines is 1. The minimum Gasteiger partial charge on any atom is -0.383 e. The molecule has 3 aromatic rings. The Hall–Kier alpha value is -2.92. The van der Waals surface area contributed by atoms with Crippen molar-refractivity contribution in [1.82, 2.24) is 9.55 Å². The van der Waals surface area contributed by atoms with Gasteiger partial charge in [-0.15, -0.1) is 0 Å². The Morgan fingerprint density at radius 2 is 1.88 bits per heavy atom. The van der Waals surface area contributed by atoms with E-state index in [2.05, 4.69) is 34.6 Å². The number of hydrogen-bond acceptors (Lipinski definition) is 3. The average Bonchev–Trinajstić information content (AvgIpc) is 3.07. The monoisotopic (exact) mass is 351 g/mol. The number of ether oxygens (including phenoxy) is 1. The summed E-state index contributed by atoms with van der Waals surface area (Å²) in [6, 6.07) is 16.6. The Bertz CT molecular complexity index is 841. The average molecular weight is 351 g/mol. The predicted octanol–water partition coefficient (Wildman–Crippen LogP) is 4.46. The first-order valence-electron chi connectivity index (χ1n) is 8.54. The van der Waals surface area contributed by atoms with Crippen LogP contribution in [0.15, 0.2) is 66.9 Å². The van der Waals surface area contributed by atoms with Gasteiger partial charge in [0, 0.05) is 25.8 Å². The molecule has 0 atom stereocenters. The zero-order valence-corrected chi connectivity index (χ0v) is 14.7. The molecule has 0 fully saturated rings. The molecule has 1 aromatic heterocycles. The SMILES string of the molecule is COCCn1c(-c2ccc(F)cc2)cnc1NCC=Cc1ccccc1. The van der Waals surface area contributed by atoms with Crippen LogP contribution in [0.5, 0.6) is 0 Å². The Labute approximate surface area is 153 Å². The molecule has 0 aliphatic rings. The summed E-state index contributed by atoms with van der Waals surface area (Å²) in [4.78, 5) is 4.48. The van der Waals surface area contributed by atoms with Crippen LogP contribution in [0.2, 0.25) is 0 Å². The van der Waals surface area contributed by atoms with Crippen LogP contribution in [0.1, 0.15) is 5.56 Å². The van der Waals surface area contributed by atoms with Crippen molar-refractivity contribution < 1.29 is 9.13 Å². The first-order chi connectivity index (χ1) is 12.8. The van der Waals surface area contributed by atoms with E-state index in [9.17, 15) is 4.39 Å². The number of benzene rings is 2. The quantitative estimate of drug-likeness (QED) is 0.651. The van der Waals surface area contributed by atoms with Crippen molar-refractivity contribution in [3.05, 3.63) is 78.3 Å². The van der Waals surface area contributed by atoms with Crippen LogP contribution in [0, 0.1) is 5.82 Å². The number of nitrogens with one attached hydrogen (secondary N) is 1. The molecule has 0 saturated carbocycles. The zero-order chi connectivity index (χ0) is 18.2. The summed E-state index contributed by atoms with van der Waals surface area (Å²) in [6.45, 7) is 1.88. The number of imidazole rings is 1. The number of hydrogen-bond donors (Lipinski definition) is 1. The van der Waals surface area contributed by atoms with Gasteiger partial charge in [0.15, 0.2) is 0 Å². The summed E-state index contributed by atoms with van der Waals surface area (Å²) in [5.41, 5.74) is 3.00. The van der Waals surface area contributed by atoms with Gasteiger partial charge in [-0.1, -0.05) is 42.5 Å². The first-order valence-corrected chi connectivity index (χ1v) is 8.54. The molecule has 0 aliphatic heterocycles. The third-order valence-electron chi connectivity index (χ3n) is 4.00. The van der Waals surface area contributed by atoms with Crippen LogP contribution in [0.3, 0.4) is 0 Å². The van der Waals surface area contributed by atoms with E-state index in [1.807, 2.05) is 22.8 Å². The molecule has 0 unspecified atom stereocenters. The predicted molar refractivity (Wildman–Crippen MR) is 103 cm³/mol. The topological polar surface area (TPSA) is 39.1 Å². The van der Waals surface area contributed by atoms with E-state index in [-0.39, 0.29) is 5.82 Å². The lowest BCUT2D eigenvalue weighted by atomic mass is 10.1. The molecule has 1 N–H and O–H groups in total. The second-order valence-electron chi connectivity index (χ2n) is 5.81. The first kappa shape index (κ1) is 17.9. The maximum absolute atomic E-state index is 13.2. The highest BCUT2D eigenvalue weighted by Gasteiger charge is 2.11. The Morgan fingerprint density at radius 1 is 1.12 bits per heavy atom. The van der Waals surface area contributed by atoms with Gasteiger partial charge in [-0.2, -0.15) is 0 Å². The molecule has 0 amide bonds. The molecule has 0 aliphatic carbocycles. The highest BCUT2D eigenvalue weighted by molar-refractivity contribution is 5.61. The molecule has 4 nitrogen and oxygen atoms in total. The summed E-state index contributed by atoms with van der Waals surface area (Å²) in [7, 11) is 1.67. The third-order valence-corrected chi connectivity index (χ3v) is 4.00. The van der Waals surface area contributed by atoms with Gasteiger partial charge < -0.3 is 14.6 Å². The summed E-state index contributed by atoms with van der Waals surface area (Å²) < 4.78 is 20.5. The molecule has 2 aromatic carbocycles. The minimum absolute atomic E-state index is 0.249. The molecule has 5 heteroatoms. The summed E-state index contributed by atoms with van der Waals surface area (Å²) >= 11 is 0. The van der Waals surface area contributed by atoms with Crippen molar-refractivity contribution in [2.24, 2.45) is 0 Å². The standard InChI is InChI=1S/C21H22FN3O/c1-26-15-14-25-20(18-9-11-19(22)12-10-18)16-24-21(25)23-13-5-8-17-6-3-2-4-7-17/h2-12,16H,13-15H2,1H3,(H,23,24). The van der Waals surface area contributed by atoms with Crippen molar-refractivity contribution in [1.29, 1.82) is 0 Å². The van der Waals surface area contributed by atoms with Gasteiger partial charge in [-0.3, -0.25) is 0 Å².